The van der Waals surface area contributed by atoms with Crippen molar-refractivity contribution in [3.63, 3.8) is 0 Å². The van der Waals surface area contributed by atoms with Crippen LogP contribution in [0.4, 0.5) is 0 Å². The molecule has 0 radical (unpaired) electrons. The average Bonchev–Trinajstić information content (AvgIpc) is 3.07. The Kier molecular flexibility index (Phi) is 5.60. The number of carbonyl (C=O) groups excluding carboxylic acids is 1. The van der Waals surface area contributed by atoms with E-state index in [1.165, 1.54) is 12.4 Å². The highest BCUT2D eigenvalue weighted by atomic mass is 16.5. The molecule has 3 heterocycles. The highest BCUT2D eigenvalue weighted by molar-refractivity contribution is 5.76. The zero-order chi connectivity index (χ0) is 17.6. The number of H-pyrrole nitrogens is 1. The van der Waals surface area contributed by atoms with Gasteiger partial charge in [-0.25, -0.2) is 9.97 Å². The predicted molar refractivity (Wildman–Crippen MR) is 91.1 cm³/mol. The van der Waals surface area contributed by atoms with E-state index in [1.807, 2.05) is 22.6 Å². The second-order valence-corrected chi connectivity index (χ2v) is 6.10. The summed E-state index contributed by atoms with van der Waals surface area (Å²) in [6.07, 6.45) is 7.12. The van der Waals surface area contributed by atoms with Crippen molar-refractivity contribution in [2.24, 2.45) is 0 Å². The average molecular weight is 345 g/mol. The number of carbonyl (C=O) groups is 1. The van der Waals surface area contributed by atoms with Crippen LogP contribution in [0.1, 0.15) is 24.9 Å². The number of nitrogens with zero attached hydrogens (tertiary/aromatic N) is 4. The van der Waals surface area contributed by atoms with Gasteiger partial charge in [0.05, 0.1) is 19.0 Å². The van der Waals surface area contributed by atoms with E-state index in [0.29, 0.717) is 32.7 Å². The zero-order valence-corrected chi connectivity index (χ0v) is 14.4. The first kappa shape index (κ1) is 17.3. The maximum Gasteiger partial charge on any atom is 0.250 e. The molecule has 1 amide bonds. The SMILES string of the molecule is CCc1nccn1CC(=O)N1CCO[C@@H](CCc2cc(=O)[nH]cn2)C1. The Morgan fingerprint density at radius 3 is 3.12 bits per heavy atom. The lowest BCUT2D eigenvalue weighted by molar-refractivity contribution is -0.139. The molecular formula is C17H23N5O3. The summed E-state index contributed by atoms with van der Waals surface area (Å²) in [6.45, 7) is 4.04. The Bertz CT molecular complexity index is 769. The normalized spacial score (nSPS) is 17.6. The first-order valence-electron chi connectivity index (χ1n) is 8.58. The molecule has 8 nitrogen and oxygen atoms in total. The third-order valence-corrected chi connectivity index (χ3v) is 4.37. The first-order valence-corrected chi connectivity index (χ1v) is 8.58. The van der Waals surface area contributed by atoms with Crippen LogP contribution in [0.3, 0.4) is 0 Å². The third-order valence-electron chi connectivity index (χ3n) is 4.37. The molecule has 0 bridgehead atoms. The van der Waals surface area contributed by atoms with Gasteiger partial charge in [-0.1, -0.05) is 6.92 Å². The Morgan fingerprint density at radius 2 is 2.32 bits per heavy atom. The fraction of sp³-hybridized carbons (Fsp3) is 0.529. The van der Waals surface area contributed by atoms with E-state index in [0.717, 1.165) is 24.4 Å². The van der Waals surface area contributed by atoms with E-state index in [9.17, 15) is 9.59 Å². The van der Waals surface area contributed by atoms with Crippen LogP contribution < -0.4 is 5.56 Å². The van der Waals surface area contributed by atoms with E-state index in [1.54, 1.807) is 6.20 Å². The number of hydrogen-bond donors (Lipinski definition) is 1. The lowest BCUT2D eigenvalue weighted by Crippen LogP contribution is -2.47. The molecular weight excluding hydrogens is 322 g/mol. The van der Waals surface area contributed by atoms with Crippen LogP contribution in [-0.2, 0) is 28.9 Å². The van der Waals surface area contributed by atoms with Gasteiger partial charge in [0, 0.05) is 43.7 Å². The maximum absolute atomic E-state index is 12.6. The fourth-order valence-corrected chi connectivity index (χ4v) is 3.02. The predicted octanol–water partition coefficient (Wildman–Crippen LogP) is 0.389. The van der Waals surface area contributed by atoms with Crippen molar-refractivity contribution in [2.45, 2.75) is 38.8 Å². The van der Waals surface area contributed by atoms with Gasteiger partial charge in [0.15, 0.2) is 0 Å². The number of hydrogen-bond acceptors (Lipinski definition) is 5. The summed E-state index contributed by atoms with van der Waals surface area (Å²) in [7, 11) is 0. The van der Waals surface area contributed by atoms with Crippen molar-refractivity contribution in [1.29, 1.82) is 0 Å². The molecule has 2 aromatic rings. The molecule has 1 saturated heterocycles. The van der Waals surface area contributed by atoms with E-state index in [4.69, 9.17) is 4.74 Å². The monoisotopic (exact) mass is 345 g/mol. The van der Waals surface area contributed by atoms with Gasteiger partial charge in [0.2, 0.25) is 5.91 Å². The number of imidazole rings is 1. The first-order chi connectivity index (χ1) is 12.2. The molecule has 0 aromatic carbocycles. The smallest absolute Gasteiger partial charge is 0.250 e. The molecule has 1 N–H and O–H groups in total. The minimum atomic E-state index is -0.154. The van der Waals surface area contributed by atoms with Gasteiger partial charge >= 0.3 is 0 Å². The Labute approximate surface area is 145 Å². The molecule has 1 aliphatic rings. The quantitative estimate of drug-likeness (QED) is 0.817. The lowest BCUT2D eigenvalue weighted by atomic mass is 10.1. The van der Waals surface area contributed by atoms with Crippen molar-refractivity contribution in [1.82, 2.24) is 24.4 Å². The largest absolute Gasteiger partial charge is 0.375 e. The number of rotatable bonds is 6. The highest BCUT2D eigenvalue weighted by Crippen LogP contribution is 2.12. The molecule has 2 aromatic heterocycles. The van der Waals surface area contributed by atoms with Crippen molar-refractivity contribution in [3.8, 4) is 0 Å². The molecule has 0 saturated carbocycles. The summed E-state index contributed by atoms with van der Waals surface area (Å²) in [5.74, 6) is 0.994. The molecule has 1 fully saturated rings. The molecule has 8 heteroatoms. The van der Waals surface area contributed by atoms with Gasteiger partial charge in [-0.3, -0.25) is 9.59 Å². The van der Waals surface area contributed by atoms with Gasteiger partial charge in [0.1, 0.15) is 12.4 Å². The highest BCUT2D eigenvalue weighted by Gasteiger charge is 2.24. The van der Waals surface area contributed by atoms with Crippen molar-refractivity contribution in [2.75, 3.05) is 19.7 Å². The Hall–Kier alpha value is -2.48. The number of aromatic nitrogens is 4. The van der Waals surface area contributed by atoms with Crippen LogP contribution in [-0.4, -0.2) is 56.1 Å². The summed E-state index contributed by atoms with van der Waals surface area (Å²) >= 11 is 0. The van der Waals surface area contributed by atoms with Crippen LogP contribution in [0.5, 0.6) is 0 Å². The van der Waals surface area contributed by atoms with Gasteiger partial charge in [-0.05, 0) is 12.8 Å². The molecule has 134 valence electrons. The minimum Gasteiger partial charge on any atom is -0.375 e. The van der Waals surface area contributed by atoms with Gasteiger partial charge in [-0.15, -0.1) is 0 Å². The van der Waals surface area contributed by atoms with Crippen molar-refractivity contribution < 1.29 is 9.53 Å². The summed E-state index contributed by atoms with van der Waals surface area (Å²) in [4.78, 5) is 36.6. The van der Waals surface area contributed by atoms with Crippen LogP contribution >= 0.6 is 0 Å². The Morgan fingerprint density at radius 1 is 1.44 bits per heavy atom. The molecule has 0 aliphatic carbocycles. The minimum absolute atomic E-state index is 0.0350. The molecule has 0 unspecified atom stereocenters. The summed E-state index contributed by atoms with van der Waals surface area (Å²) in [5, 5.41) is 0. The summed E-state index contributed by atoms with van der Waals surface area (Å²) in [6, 6.07) is 1.50. The van der Waals surface area contributed by atoms with E-state index in [-0.39, 0.29) is 17.6 Å². The van der Waals surface area contributed by atoms with E-state index in [2.05, 4.69) is 15.0 Å². The molecule has 25 heavy (non-hydrogen) atoms. The standard InChI is InChI=1S/C17H23N5O3/c1-2-15-18-5-6-21(15)11-17(24)22-7-8-25-14(10-22)4-3-13-9-16(23)20-12-19-13/h5-6,9,12,14H,2-4,7-8,10-11H2,1H3,(H,19,20,23)/t14-/m0/s1. The fourth-order valence-electron chi connectivity index (χ4n) is 3.02. The van der Waals surface area contributed by atoms with E-state index < -0.39 is 0 Å². The number of amides is 1. The second kappa shape index (κ2) is 8.06. The lowest BCUT2D eigenvalue weighted by Gasteiger charge is -2.33. The topological polar surface area (TPSA) is 93.1 Å². The van der Waals surface area contributed by atoms with Crippen LogP contribution in [0.25, 0.3) is 0 Å². The third kappa shape index (κ3) is 4.54. The van der Waals surface area contributed by atoms with Crippen LogP contribution in [0, 0.1) is 0 Å². The molecule has 1 atom stereocenters. The van der Waals surface area contributed by atoms with Crippen LogP contribution in [0.2, 0.25) is 0 Å². The number of nitrogens with one attached hydrogen (secondary N) is 1. The maximum atomic E-state index is 12.6. The Balaban J connectivity index is 1.53. The number of morpholine rings is 1. The number of aromatic amines is 1. The van der Waals surface area contributed by atoms with Gasteiger partial charge in [0.25, 0.3) is 5.56 Å². The number of ether oxygens (including phenoxy) is 1. The summed E-state index contributed by atoms with van der Waals surface area (Å²) < 4.78 is 7.66. The summed E-state index contributed by atoms with van der Waals surface area (Å²) in [5.41, 5.74) is 0.584. The molecule has 3 rings (SSSR count). The zero-order valence-electron chi connectivity index (χ0n) is 14.4. The van der Waals surface area contributed by atoms with Gasteiger partial charge < -0.3 is 19.2 Å². The van der Waals surface area contributed by atoms with Crippen LogP contribution in [0.15, 0.2) is 29.6 Å². The molecule has 1 aliphatic heterocycles. The van der Waals surface area contributed by atoms with Gasteiger partial charge in [-0.2, -0.15) is 0 Å². The van der Waals surface area contributed by atoms with Crippen molar-refractivity contribution >= 4 is 5.91 Å². The van der Waals surface area contributed by atoms with E-state index >= 15 is 0 Å². The second-order valence-electron chi connectivity index (χ2n) is 6.10. The van der Waals surface area contributed by atoms with Crippen molar-refractivity contribution in [3.05, 3.63) is 46.7 Å². The molecule has 0 spiro atoms. The number of aryl methyl sites for hydroxylation is 2.